The number of carbonyl (C=O) groups is 1. The number of rotatable bonds is 5. The molecule has 2 aromatic rings. The Labute approximate surface area is 154 Å². The number of hydrogen-bond donors (Lipinski definition) is 2. The first-order valence-electron chi connectivity index (χ1n) is 7.40. The minimum absolute atomic E-state index is 0.131. The Hall–Kier alpha value is -2.44. The summed E-state index contributed by atoms with van der Waals surface area (Å²) < 4.78 is 11.2. The molecule has 1 fully saturated rings. The topological polar surface area (TPSA) is 71.4 Å². The summed E-state index contributed by atoms with van der Waals surface area (Å²) in [4.78, 5) is 12.2. The molecule has 1 aliphatic heterocycles. The molecule has 25 heavy (non-hydrogen) atoms. The van der Waals surface area contributed by atoms with Gasteiger partial charge in [-0.15, -0.1) is 0 Å². The van der Waals surface area contributed by atoms with Crippen molar-refractivity contribution in [3.63, 3.8) is 0 Å². The maximum absolute atomic E-state index is 11.7. The van der Waals surface area contributed by atoms with Crippen LogP contribution in [0, 0.1) is 5.41 Å². The van der Waals surface area contributed by atoms with E-state index in [1.165, 1.54) is 0 Å². The molecule has 1 heterocycles. The smallest absolute Gasteiger partial charge is 0.264 e. The van der Waals surface area contributed by atoms with Crippen LogP contribution in [-0.4, -0.2) is 18.2 Å². The molecule has 2 N–H and O–H groups in total. The van der Waals surface area contributed by atoms with Crippen molar-refractivity contribution in [1.82, 2.24) is 5.32 Å². The van der Waals surface area contributed by atoms with Crippen LogP contribution in [0.4, 0.5) is 0 Å². The highest BCUT2D eigenvalue weighted by Gasteiger charge is 2.22. The predicted octanol–water partition coefficient (Wildman–Crippen LogP) is 4.07. The van der Waals surface area contributed by atoms with Crippen LogP contribution in [0.5, 0.6) is 11.5 Å². The molecular formula is C18H15ClN2O3S. The van der Waals surface area contributed by atoms with Crippen molar-refractivity contribution >= 4 is 40.5 Å². The molecule has 0 bridgehead atoms. The van der Waals surface area contributed by atoms with Gasteiger partial charge >= 0.3 is 0 Å². The number of halogens is 1. The lowest BCUT2D eigenvalue weighted by atomic mass is 10.2. The van der Waals surface area contributed by atoms with Gasteiger partial charge in [-0.05, 0) is 53.2 Å². The van der Waals surface area contributed by atoms with Gasteiger partial charge in [0.15, 0.2) is 16.7 Å². The summed E-state index contributed by atoms with van der Waals surface area (Å²) in [6.07, 6.45) is 1.72. The van der Waals surface area contributed by atoms with Gasteiger partial charge in [0.05, 0.1) is 12.0 Å². The molecule has 2 aromatic carbocycles. The Balaban J connectivity index is 1.75. The van der Waals surface area contributed by atoms with Gasteiger partial charge in [0.1, 0.15) is 6.61 Å². The summed E-state index contributed by atoms with van der Waals surface area (Å²) in [5.41, 5.74) is 1.79. The first-order valence-corrected chi connectivity index (χ1v) is 8.59. The largest absolute Gasteiger partial charge is 0.493 e. The average molecular weight is 375 g/mol. The van der Waals surface area contributed by atoms with Gasteiger partial charge < -0.3 is 14.8 Å². The van der Waals surface area contributed by atoms with Gasteiger partial charge in [0.25, 0.3) is 5.91 Å². The van der Waals surface area contributed by atoms with Crippen LogP contribution in [0.2, 0.25) is 5.02 Å². The van der Waals surface area contributed by atoms with Gasteiger partial charge in [-0.25, -0.2) is 0 Å². The fourth-order valence-electron chi connectivity index (χ4n) is 2.23. The number of nitrogens with one attached hydrogen (secondary N) is 2. The van der Waals surface area contributed by atoms with Crippen molar-refractivity contribution in [2.75, 3.05) is 7.11 Å². The Kier molecular flexibility index (Phi) is 5.31. The molecule has 1 aliphatic rings. The summed E-state index contributed by atoms with van der Waals surface area (Å²) in [5.74, 6) is 0.912. The van der Waals surface area contributed by atoms with Gasteiger partial charge in [-0.2, -0.15) is 0 Å². The number of hydrogen-bond acceptors (Lipinski definition) is 5. The third kappa shape index (κ3) is 4.35. The molecule has 0 atom stereocenters. The molecule has 0 spiro atoms. The van der Waals surface area contributed by atoms with E-state index in [1.54, 1.807) is 25.3 Å². The van der Waals surface area contributed by atoms with Crippen molar-refractivity contribution in [2.24, 2.45) is 0 Å². The van der Waals surface area contributed by atoms with E-state index in [9.17, 15) is 4.79 Å². The Bertz CT molecular complexity index is 850. The number of thioether (sulfide) groups is 1. The molecule has 0 unspecified atom stereocenters. The van der Waals surface area contributed by atoms with E-state index in [0.717, 1.165) is 22.9 Å². The maximum Gasteiger partial charge on any atom is 0.264 e. The van der Waals surface area contributed by atoms with Crippen LogP contribution in [0.1, 0.15) is 11.1 Å². The normalized spacial score (nSPS) is 15.4. The van der Waals surface area contributed by atoms with Crippen LogP contribution in [0.15, 0.2) is 47.4 Å². The minimum atomic E-state index is -0.267. The second-order valence-corrected chi connectivity index (χ2v) is 6.71. The number of ether oxygens (including phenoxy) is 2. The van der Waals surface area contributed by atoms with E-state index >= 15 is 0 Å². The lowest BCUT2D eigenvalue weighted by Gasteiger charge is -2.11. The Morgan fingerprint density at radius 2 is 1.96 bits per heavy atom. The molecule has 7 heteroatoms. The van der Waals surface area contributed by atoms with E-state index in [-0.39, 0.29) is 11.1 Å². The van der Waals surface area contributed by atoms with Crippen molar-refractivity contribution in [2.45, 2.75) is 6.61 Å². The SMILES string of the molecule is COc1cc(/C=C2\SC(=N)NC2=O)ccc1OCc1ccc(Cl)cc1. The molecule has 128 valence electrons. The Morgan fingerprint density at radius 3 is 2.60 bits per heavy atom. The third-order valence-corrected chi connectivity index (χ3v) is 4.54. The van der Waals surface area contributed by atoms with E-state index in [2.05, 4.69) is 5.32 Å². The van der Waals surface area contributed by atoms with Crippen LogP contribution >= 0.6 is 23.4 Å². The Morgan fingerprint density at radius 1 is 1.20 bits per heavy atom. The third-order valence-electron chi connectivity index (χ3n) is 3.46. The fraction of sp³-hybridized carbons (Fsp3) is 0.111. The van der Waals surface area contributed by atoms with Gasteiger partial charge in [-0.3, -0.25) is 10.2 Å². The zero-order chi connectivity index (χ0) is 17.8. The molecule has 0 saturated carbocycles. The summed E-state index contributed by atoms with van der Waals surface area (Å²) >= 11 is 6.97. The minimum Gasteiger partial charge on any atom is -0.493 e. The highest BCUT2D eigenvalue weighted by Crippen LogP contribution is 2.31. The van der Waals surface area contributed by atoms with Crippen LogP contribution in [0.25, 0.3) is 6.08 Å². The van der Waals surface area contributed by atoms with Crippen molar-refractivity contribution in [1.29, 1.82) is 5.41 Å². The van der Waals surface area contributed by atoms with E-state index in [0.29, 0.717) is 28.0 Å². The lowest BCUT2D eigenvalue weighted by molar-refractivity contribution is -0.115. The molecule has 1 amide bonds. The highest BCUT2D eigenvalue weighted by atomic mass is 35.5. The second kappa shape index (κ2) is 7.63. The first-order chi connectivity index (χ1) is 12.0. The molecule has 0 radical (unpaired) electrons. The molecule has 0 aliphatic carbocycles. The monoisotopic (exact) mass is 374 g/mol. The zero-order valence-corrected chi connectivity index (χ0v) is 14.9. The van der Waals surface area contributed by atoms with Crippen LogP contribution in [0.3, 0.4) is 0 Å². The summed E-state index contributed by atoms with van der Waals surface area (Å²) in [5, 5.41) is 10.7. The number of amidine groups is 1. The average Bonchev–Trinajstić information content (AvgIpc) is 2.92. The molecule has 0 aromatic heterocycles. The van der Waals surface area contributed by atoms with E-state index < -0.39 is 0 Å². The van der Waals surface area contributed by atoms with Gasteiger partial charge in [0.2, 0.25) is 0 Å². The number of carbonyl (C=O) groups excluding carboxylic acids is 1. The molecule has 3 rings (SSSR count). The summed E-state index contributed by atoms with van der Waals surface area (Å²) in [6, 6.07) is 12.9. The van der Waals surface area contributed by atoms with Crippen LogP contribution in [-0.2, 0) is 11.4 Å². The van der Waals surface area contributed by atoms with Gasteiger partial charge in [-0.1, -0.05) is 29.8 Å². The number of benzene rings is 2. The van der Waals surface area contributed by atoms with E-state index in [1.807, 2.05) is 30.3 Å². The van der Waals surface area contributed by atoms with Crippen molar-refractivity contribution < 1.29 is 14.3 Å². The molecule has 1 saturated heterocycles. The van der Waals surface area contributed by atoms with Crippen molar-refractivity contribution in [3.05, 3.63) is 63.5 Å². The first kappa shape index (κ1) is 17.4. The second-order valence-electron chi connectivity index (χ2n) is 5.22. The standard InChI is InChI=1S/C18H15ClN2O3S/c1-23-15-8-12(9-16-17(22)21-18(20)25-16)4-7-14(15)24-10-11-2-5-13(19)6-3-11/h2-9H,10H2,1H3,(H2,20,21,22)/b16-9-. The quantitative estimate of drug-likeness (QED) is 0.774. The predicted molar refractivity (Wildman–Crippen MR) is 100 cm³/mol. The van der Waals surface area contributed by atoms with Gasteiger partial charge in [0, 0.05) is 5.02 Å². The highest BCUT2D eigenvalue weighted by molar-refractivity contribution is 8.18. The van der Waals surface area contributed by atoms with Crippen molar-refractivity contribution in [3.8, 4) is 11.5 Å². The number of amides is 1. The maximum atomic E-state index is 11.7. The zero-order valence-electron chi connectivity index (χ0n) is 13.3. The fourth-order valence-corrected chi connectivity index (χ4v) is 3.06. The summed E-state index contributed by atoms with van der Waals surface area (Å²) in [6.45, 7) is 0.392. The summed E-state index contributed by atoms with van der Waals surface area (Å²) in [7, 11) is 1.56. The lowest BCUT2D eigenvalue weighted by Crippen LogP contribution is -2.18. The van der Waals surface area contributed by atoms with E-state index in [4.69, 9.17) is 26.5 Å². The van der Waals surface area contributed by atoms with Crippen LogP contribution < -0.4 is 14.8 Å². The molecular weight excluding hydrogens is 360 g/mol. The number of methoxy groups -OCH3 is 1. The molecule has 5 nitrogen and oxygen atoms in total.